The van der Waals surface area contributed by atoms with Crippen LogP contribution in [0.5, 0.6) is 0 Å². The van der Waals surface area contributed by atoms with Crippen LogP contribution in [0, 0.1) is 16.4 Å². The summed E-state index contributed by atoms with van der Waals surface area (Å²) in [4.78, 5) is 13.1. The third-order valence-electron chi connectivity index (χ3n) is 4.65. The molecule has 0 saturated heterocycles. The first kappa shape index (κ1) is 27.3. The Morgan fingerprint density at radius 3 is 2.60 bits per heavy atom. The van der Waals surface area contributed by atoms with Crippen LogP contribution in [0.3, 0.4) is 0 Å². The van der Waals surface area contributed by atoms with Gasteiger partial charge in [0.15, 0.2) is 5.69 Å². The number of amides is 1. The van der Waals surface area contributed by atoms with E-state index in [4.69, 9.17) is 11.6 Å². The monoisotopic (exact) mass is 649 g/mol. The zero-order valence-electron chi connectivity index (χ0n) is 18.0. The highest BCUT2D eigenvalue weighted by atomic mass is 127. The Balaban J connectivity index is 1.94. The van der Waals surface area contributed by atoms with Crippen molar-refractivity contribution in [1.82, 2.24) is 19.6 Å². The van der Waals surface area contributed by atoms with Crippen molar-refractivity contribution >= 4 is 55.9 Å². The van der Waals surface area contributed by atoms with Gasteiger partial charge in [-0.15, -0.1) is 0 Å². The Hall–Kier alpha value is -2.24. The molecule has 16 heteroatoms. The molecular weight excluding hydrogens is 633 g/mol. The van der Waals surface area contributed by atoms with Crippen LogP contribution in [-0.4, -0.2) is 46.7 Å². The fraction of sp³-hybridized carbons (Fsp3) is 0.316. The zero-order chi connectivity index (χ0) is 26.1. The van der Waals surface area contributed by atoms with Gasteiger partial charge in [0, 0.05) is 6.42 Å². The molecule has 3 rings (SSSR count). The van der Waals surface area contributed by atoms with Crippen LogP contribution in [0.4, 0.5) is 23.2 Å². The molecule has 35 heavy (non-hydrogen) atoms. The third-order valence-corrected chi connectivity index (χ3v) is 6.74. The average Bonchev–Trinajstić information content (AvgIpc) is 3.24. The fourth-order valence-electron chi connectivity index (χ4n) is 3.08. The summed E-state index contributed by atoms with van der Waals surface area (Å²) in [7, 11) is -3.87. The van der Waals surface area contributed by atoms with E-state index in [1.807, 2.05) is 22.6 Å². The van der Waals surface area contributed by atoms with Gasteiger partial charge in [-0.05, 0) is 47.7 Å². The van der Waals surface area contributed by atoms with Crippen molar-refractivity contribution in [2.75, 3.05) is 18.2 Å². The Morgan fingerprint density at radius 2 is 2.03 bits per heavy atom. The zero-order valence-corrected chi connectivity index (χ0v) is 21.7. The SMILES string of the molecule is Cc1c(Cl)c(C(F)(F)F)nn1C(CCOS(C)(=O)=O)C(=O)Nc1cnn(-c2cccc(F)c2)c1I. The minimum absolute atomic E-state index is 0.149. The molecule has 0 aliphatic rings. The summed E-state index contributed by atoms with van der Waals surface area (Å²) in [5, 5.41) is 9.43. The normalized spacial score (nSPS) is 13.1. The molecule has 1 atom stereocenters. The molecule has 0 bridgehead atoms. The van der Waals surface area contributed by atoms with Gasteiger partial charge in [-0.2, -0.15) is 31.8 Å². The first-order valence-corrected chi connectivity index (χ1v) is 12.9. The molecule has 1 aromatic carbocycles. The van der Waals surface area contributed by atoms with Crippen LogP contribution in [0.15, 0.2) is 30.5 Å². The quantitative estimate of drug-likeness (QED) is 0.221. The second kappa shape index (κ2) is 10.4. The van der Waals surface area contributed by atoms with Crippen LogP contribution in [-0.2, 0) is 25.3 Å². The van der Waals surface area contributed by atoms with E-state index in [2.05, 4.69) is 19.7 Å². The van der Waals surface area contributed by atoms with E-state index < -0.39 is 51.4 Å². The van der Waals surface area contributed by atoms with Gasteiger partial charge in [-0.3, -0.25) is 13.7 Å². The first-order valence-electron chi connectivity index (χ1n) is 9.65. The number of carbonyl (C=O) groups is 1. The summed E-state index contributed by atoms with van der Waals surface area (Å²) in [5.41, 5.74) is -0.978. The number of hydrogen-bond donors (Lipinski definition) is 1. The molecule has 1 amide bonds. The van der Waals surface area contributed by atoms with E-state index in [1.54, 1.807) is 6.07 Å². The number of anilines is 1. The summed E-state index contributed by atoms with van der Waals surface area (Å²) >= 11 is 7.67. The highest BCUT2D eigenvalue weighted by molar-refractivity contribution is 14.1. The molecule has 9 nitrogen and oxygen atoms in total. The lowest BCUT2D eigenvalue weighted by atomic mass is 10.2. The van der Waals surface area contributed by atoms with Gasteiger partial charge in [0.25, 0.3) is 10.1 Å². The number of carbonyl (C=O) groups excluding carboxylic acids is 1. The topological polar surface area (TPSA) is 108 Å². The van der Waals surface area contributed by atoms with Crippen LogP contribution < -0.4 is 5.32 Å². The summed E-state index contributed by atoms with van der Waals surface area (Å²) in [6, 6.07) is 4.11. The molecule has 0 aliphatic carbocycles. The Kier molecular flexibility index (Phi) is 8.12. The number of rotatable bonds is 8. The maximum Gasteiger partial charge on any atom is 0.436 e. The highest BCUT2D eigenvalue weighted by Crippen LogP contribution is 2.37. The predicted octanol–water partition coefficient (Wildman–Crippen LogP) is 4.34. The summed E-state index contributed by atoms with van der Waals surface area (Å²) in [6.07, 6.45) is -3.15. The first-order chi connectivity index (χ1) is 16.2. The number of alkyl halides is 3. The summed E-state index contributed by atoms with van der Waals surface area (Å²) in [5.74, 6) is -1.33. The molecule has 3 aromatic rings. The highest BCUT2D eigenvalue weighted by Gasteiger charge is 2.40. The molecule has 190 valence electrons. The lowest BCUT2D eigenvalue weighted by Gasteiger charge is -2.18. The number of hydrogen-bond acceptors (Lipinski definition) is 6. The minimum Gasteiger partial charge on any atom is -0.321 e. The molecule has 0 radical (unpaired) electrons. The molecule has 0 saturated carbocycles. The van der Waals surface area contributed by atoms with Gasteiger partial charge in [0.05, 0.1) is 41.2 Å². The van der Waals surface area contributed by atoms with Crippen LogP contribution in [0.1, 0.15) is 23.9 Å². The average molecular weight is 650 g/mol. The number of benzene rings is 1. The molecule has 2 aromatic heterocycles. The lowest BCUT2D eigenvalue weighted by Crippen LogP contribution is -2.29. The number of nitrogens with one attached hydrogen (secondary N) is 1. The lowest BCUT2D eigenvalue weighted by molar-refractivity contribution is -0.141. The van der Waals surface area contributed by atoms with E-state index in [0.717, 1.165) is 10.9 Å². The fourth-order valence-corrected chi connectivity index (χ4v) is 4.39. The smallest absolute Gasteiger partial charge is 0.321 e. The molecule has 1 N–H and O–H groups in total. The molecule has 0 aliphatic heterocycles. The number of nitrogens with zero attached hydrogens (tertiary/aromatic N) is 4. The number of aromatic nitrogens is 4. The van der Waals surface area contributed by atoms with Gasteiger partial charge in [0.2, 0.25) is 5.91 Å². The van der Waals surface area contributed by atoms with Crippen molar-refractivity contribution < 1.29 is 35.0 Å². The van der Waals surface area contributed by atoms with Gasteiger partial charge in [0.1, 0.15) is 15.6 Å². The second-order valence-corrected chi connectivity index (χ2v) is 10.3. The Bertz CT molecular complexity index is 1360. The molecule has 2 heterocycles. The van der Waals surface area contributed by atoms with Crippen LogP contribution >= 0.6 is 34.2 Å². The van der Waals surface area contributed by atoms with E-state index in [0.29, 0.717) is 9.39 Å². The Morgan fingerprint density at radius 1 is 1.34 bits per heavy atom. The second-order valence-electron chi connectivity index (χ2n) is 7.25. The predicted molar refractivity (Wildman–Crippen MR) is 126 cm³/mol. The Labute approximate surface area is 215 Å². The third kappa shape index (κ3) is 6.50. The van der Waals surface area contributed by atoms with Crippen LogP contribution in [0.25, 0.3) is 5.69 Å². The maximum atomic E-state index is 13.6. The van der Waals surface area contributed by atoms with Gasteiger partial charge >= 0.3 is 6.18 Å². The van der Waals surface area contributed by atoms with Crippen molar-refractivity contribution in [2.45, 2.75) is 25.6 Å². The van der Waals surface area contributed by atoms with Gasteiger partial charge in [-0.1, -0.05) is 17.7 Å². The minimum atomic E-state index is -4.88. The molecular formula is C19H17ClF4IN5O4S. The maximum absolute atomic E-state index is 13.6. The van der Waals surface area contributed by atoms with Crippen molar-refractivity contribution in [2.24, 2.45) is 0 Å². The summed E-state index contributed by atoms with van der Waals surface area (Å²) < 4.78 is 83.3. The largest absolute Gasteiger partial charge is 0.436 e. The summed E-state index contributed by atoms with van der Waals surface area (Å²) in [6.45, 7) is 0.739. The van der Waals surface area contributed by atoms with Gasteiger partial charge in [-0.25, -0.2) is 9.07 Å². The molecule has 0 spiro atoms. The number of halogens is 6. The van der Waals surface area contributed by atoms with E-state index >= 15 is 0 Å². The standard InChI is InChI=1S/C19H17ClF4IN5O4S/c1-10-15(20)16(19(22,23)24)28-29(10)14(6-7-34-35(2,32)33)18(31)27-13-9-26-30(17(13)25)12-5-3-4-11(21)8-12/h3-5,8-9,14H,6-7H2,1-2H3,(H,27,31). The van der Waals surface area contributed by atoms with Crippen molar-refractivity contribution in [1.29, 1.82) is 0 Å². The van der Waals surface area contributed by atoms with Crippen molar-refractivity contribution in [3.63, 3.8) is 0 Å². The van der Waals surface area contributed by atoms with Crippen molar-refractivity contribution in [3.05, 3.63) is 56.4 Å². The molecule has 1 unspecified atom stereocenters. The van der Waals surface area contributed by atoms with Gasteiger partial charge < -0.3 is 5.32 Å². The van der Waals surface area contributed by atoms with E-state index in [9.17, 15) is 30.8 Å². The van der Waals surface area contributed by atoms with Crippen LogP contribution in [0.2, 0.25) is 5.02 Å². The van der Waals surface area contributed by atoms with E-state index in [1.165, 1.54) is 36.0 Å². The van der Waals surface area contributed by atoms with Crippen molar-refractivity contribution in [3.8, 4) is 5.69 Å². The molecule has 0 fully saturated rings. The van der Waals surface area contributed by atoms with E-state index in [-0.39, 0.29) is 17.8 Å².